The molecule has 30 heavy (non-hydrogen) atoms. The fourth-order valence-corrected chi connectivity index (χ4v) is 2.39. The van der Waals surface area contributed by atoms with Crippen molar-refractivity contribution in [3.8, 4) is 17.2 Å². The smallest absolute Gasteiger partial charge is 0.333 e. The highest BCUT2D eigenvalue weighted by molar-refractivity contribution is 5.76. The van der Waals surface area contributed by atoms with E-state index in [0.29, 0.717) is 11.5 Å². The zero-order chi connectivity index (χ0) is 21.8. The van der Waals surface area contributed by atoms with Crippen LogP contribution in [0.3, 0.4) is 0 Å². The van der Waals surface area contributed by atoms with Gasteiger partial charge in [0.2, 0.25) is 0 Å². The number of ether oxygens (including phenoxy) is 4. The van der Waals surface area contributed by atoms with Crippen LogP contribution in [-0.2, 0) is 25.6 Å². The van der Waals surface area contributed by atoms with Gasteiger partial charge in [0.25, 0.3) is 5.91 Å². The fraction of sp³-hybridized carbons (Fsp3) is 0.333. The number of hydroxylamine groups is 1. The minimum Gasteiger partial charge on any atom is -0.497 e. The molecule has 0 bridgehead atoms. The molecule has 2 N–H and O–H groups in total. The number of carboxylic acids is 1. The second-order valence-electron chi connectivity index (χ2n) is 6.10. The molecule has 9 nitrogen and oxygen atoms in total. The first-order valence-corrected chi connectivity index (χ1v) is 9.16. The van der Waals surface area contributed by atoms with E-state index in [2.05, 4.69) is 5.48 Å². The number of hydrogen-bond acceptors (Lipinski definition) is 7. The van der Waals surface area contributed by atoms with Gasteiger partial charge in [-0.2, -0.15) is 0 Å². The van der Waals surface area contributed by atoms with Crippen LogP contribution in [0, 0.1) is 0 Å². The molecular formula is C21H25NO8. The van der Waals surface area contributed by atoms with Crippen molar-refractivity contribution in [1.82, 2.24) is 5.48 Å². The first-order chi connectivity index (χ1) is 14.5. The molecule has 1 atom stereocenters. The van der Waals surface area contributed by atoms with E-state index >= 15 is 0 Å². The van der Waals surface area contributed by atoms with Crippen LogP contribution in [0.15, 0.2) is 48.5 Å². The Morgan fingerprint density at radius 2 is 1.50 bits per heavy atom. The van der Waals surface area contributed by atoms with Gasteiger partial charge < -0.3 is 24.1 Å². The average molecular weight is 419 g/mol. The summed E-state index contributed by atoms with van der Waals surface area (Å²) in [7, 11) is 2.94. The van der Waals surface area contributed by atoms with E-state index in [9.17, 15) is 9.59 Å². The van der Waals surface area contributed by atoms with Gasteiger partial charge in [-0.05, 0) is 42.0 Å². The summed E-state index contributed by atoms with van der Waals surface area (Å²) in [5.74, 6) is 0.399. The Bertz CT molecular complexity index is 792. The maximum Gasteiger partial charge on any atom is 0.333 e. The van der Waals surface area contributed by atoms with Crippen molar-refractivity contribution in [3.63, 3.8) is 0 Å². The average Bonchev–Trinajstić information content (AvgIpc) is 2.76. The zero-order valence-electron chi connectivity index (χ0n) is 16.8. The van der Waals surface area contributed by atoms with Crippen LogP contribution in [0.1, 0.15) is 5.56 Å². The van der Waals surface area contributed by atoms with Crippen LogP contribution in [0.2, 0.25) is 0 Å². The normalized spacial score (nSPS) is 11.4. The lowest BCUT2D eigenvalue weighted by atomic mass is 10.1. The number of carboxylic acid groups (broad SMARTS) is 1. The molecule has 0 aliphatic heterocycles. The van der Waals surface area contributed by atoms with Crippen molar-refractivity contribution in [2.24, 2.45) is 0 Å². The summed E-state index contributed by atoms with van der Waals surface area (Å²) < 4.78 is 20.8. The van der Waals surface area contributed by atoms with Crippen LogP contribution >= 0.6 is 0 Å². The number of hydrogen-bond donors (Lipinski definition) is 2. The summed E-state index contributed by atoms with van der Waals surface area (Å²) in [6.45, 7) is 0.193. The zero-order valence-corrected chi connectivity index (χ0v) is 16.8. The third-order valence-electron chi connectivity index (χ3n) is 3.97. The summed E-state index contributed by atoms with van der Waals surface area (Å²) in [4.78, 5) is 27.8. The van der Waals surface area contributed by atoms with Crippen LogP contribution < -0.4 is 19.7 Å². The molecule has 0 heterocycles. The van der Waals surface area contributed by atoms with Gasteiger partial charge in [-0.1, -0.05) is 12.1 Å². The summed E-state index contributed by atoms with van der Waals surface area (Å²) >= 11 is 0. The van der Waals surface area contributed by atoms with Crippen molar-refractivity contribution < 1.29 is 38.5 Å². The molecule has 162 valence electrons. The van der Waals surface area contributed by atoms with E-state index in [0.717, 1.165) is 11.3 Å². The summed E-state index contributed by atoms with van der Waals surface area (Å²) in [6, 6.07) is 13.8. The molecule has 0 saturated heterocycles. The third kappa shape index (κ3) is 7.98. The van der Waals surface area contributed by atoms with Crippen molar-refractivity contribution in [1.29, 1.82) is 0 Å². The molecule has 1 amide bonds. The Morgan fingerprint density at radius 3 is 2.10 bits per heavy atom. The Balaban J connectivity index is 1.61. The van der Waals surface area contributed by atoms with Crippen LogP contribution in [0.25, 0.3) is 0 Å². The predicted octanol–water partition coefficient (Wildman–Crippen LogP) is 1.84. The van der Waals surface area contributed by atoms with Gasteiger partial charge in [-0.15, -0.1) is 0 Å². The lowest BCUT2D eigenvalue weighted by Gasteiger charge is -2.11. The minimum atomic E-state index is -1.02. The first-order valence-electron chi connectivity index (χ1n) is 9.16. The van der Waals surface area contributed by atoms with Gasteiger partial charge in [0.1, 0.15) is 30.5 Å². The van der Waals surface area contributed by atoms with Gasteiger partial charge in [-0.25, -0.2) is 10.3 Å². The Morgan fingerprint density at radius 1 is 0.900 bits per heavy atom. The summed E-state index contributed by atoms with van der Waals surface area (Å²) in [6.07, 6.45) is -0.674. The Labute approximate surface area is 174 Å². The molecule has 9 heteroatoms. The topological polar surface area (TPSA) is 113 Å². The Hall–Kier alpha value is -3.30. The second-order valence-corrected chi connectivity index (χ2v) is 6.10. The number of carbonyl (C=O) groups is 2. The summed E-state index contributed by atoms with van der Waals surface area (Å²) in [5.41, 5.74) is 3.05. The van der Waals surface area contributed by atoms with E-state index in [1.807, 2.05) is 0 Å². The van der Waals surface area contributed by atoms with Crippen LogP contribution in [-0.4, -0.2) is 57.1 Å². The van der Waals surface area contributed by atoms with E-state index in [1.54, 1.807) is 55.6 Å². The number of methoxy groups -OCH3 is 2. The molecular weight excluding hydrogens is 394 g/mol. The standard InChI is InChI=1S/C21H25NO8/c1-26-16-7-9-17(10-8-16)28-11-12-30-22-20(23)14-29-18-5-3-15(4-6-18)13-19(27-2)21(24)25/h3-10,19H,11-14H2,1-2H3,(H,22,23)(H,24,25)/t19-/m0/s1. The van der Waals surface area contributed by atoms with Gasteiger partial charge >= 0.3 is 5.97 Å². The van der Waals surface area contributed by atoms with E-state index in [4.69, 9.17) is 28.9 Å². The number of rotatable bonds is 13. The van der Waals surface area contributed by atoms with E-state index in [-0.39, 0.29) is 26.2 Å². The van der Waals surface area contributed by atoms with E-state index < -0.39 is 18.0 Å². The molecule has 2 aromatic carbocycles. The lowest BCUT2D eigenvalue weighted by Crippen LogP contribution is -2.30. The van der Waals surface area contributed by atoms with Crippen LogP contribution in [0.5, 0.6) is 17.2 Å². The van der Waals surface area contributed by atoms with Crippen molar-refractivity contribution in [3.05, 3.63) is 54.1 Å². The summed E-state index contributed by atoms with van der Waals surface area (Å²) in [5, 5.41) is 9.00. The SMILES string of the molecule is COc1ccc(OCCONC(=O)COc2ccc(C[C@H](OC)C(=O)O)cc2)cc1. The highest BCUT2D eigenvalue weighted by atomic mass is 16.7. The van der Waals surface area contributed by atoms with Gasteiger partial charge in [0.15, 0.2) is 12.7 Å². The van der Waals surface area contributed by atoms with Crippen molar-refractivity contribution in [2.45, 2.75) is 12.5 Å². The third-order valence-corrected chi connectivity index (χ3v) is 3.97. The maximum atomic E-state index is 11.7. The lowest BCUT2D eigenvalue weighted by molar-refractivity contribution is -0.148. The molecule has 0 aliphatic carbocycles. The second kappa shape index (κ2) is 12.3. The molecule has 2 aromatic rings. The molecule has 0 spiro atoms. The number of benzene rings is 2. The fourth-order valence-electron chi connectivity index (χ4n) is 2.39. The molecule has 0 unspecified atom stereocenters. The highest BCUT2D eigenvalue weighted by Gasteiger charge is 2.16. The number of amides is 1. The number of carbonyl (C=O) groups excluding carboxylic acids is 1. The predicted molar refractivity (Wildman–Crippen MR) is 107 cm³/mol. The Kier molecular flexibility index (Phi) is 9.43. The van der Waals surface area contributed by atoms with E-state index in [1.165, 1.54) is 7.11 Å². The minimum absolute atomic E-state index is 0.163. The number of nitrogens with one attached hydrogen (secondary N) is 1. The molecule has 0 aliphatic rings. The molecule has 0 fully saturated rings. The van der Waals surface area contributed by atoms with Gasteiger partial charge in [-0.3, -0.25) is 9.63 Å². The van der Waals surface area contributed by atoms with Crippen molar-refractivity contribution >= 4 is 11.9 Å². The van der Waals surface area contributed by atoms with Gasteiger partial charge in [0.05, 0.1) is 7.11 Å². The van der Waals surface area contributed by atoms with Crippen LogP contribution in [0.4, 0.5) is 0 Å². The largest absolute Gasteiger partial charge is 0.497 e. The molecule has 2 rings (SSSR count). The quantitative estimate of drug-likeness (QED) is 0.374. The number of aliphatic carboxylic acids is 1. The molecule has 0 radical (unpaired) electrons. The highest BCUT2D eigenvalue weighted by Crippen LogP contribution is 2.17. The van der Waals surface area contributed by atoms with Gasteiger partial charge in [0, 0.05) is 13.5 Å². The van der Waals surface area contributed by atoms with Crippen molar-refractivity contribution in [2.75, 3.05) is 34.0 Å². The maximum absolute atomic E-state index is 11.7. The molecule has 0 saturated carbocycles. The first kappa shape index (κ1) is 23.0. The monoisotopic (exact) mass is 419 g/mol. The molecule has 0 aromatic heterocycles.